The van der Waals surface area contributed by atoms with Crippen LogP contribution in [0.1, 0.15) is 49.8 Å². The molecule has 0 saturated heterocycles. The first-order valence-electron chi connectivity index (χ1n) is 10.3. The van der Waals surface area contributed by atoms with Crippen LogP contribution in [0.4, 0.5) is 5.69 Å². The summed E-state index contributed by atoms with van der Waals surface area (Å²) in [5.41, 5.74) is 5.94. The van der Waals surface area contributed by atoms with Crippen molar-refractivity contribution in [2.75, 3.05) is 25.0 Å². The van der Waals surface area contributed by atoms with E-state index in [4.69, 9.17) is 0 Å². The summed E-state index contributed by atoms with van der Waals surface area (Å²) >= 11 is 0. The van der Waals surface area contributed by atoms with Gasteiger partial charge in [0.1, 0.15) is 0 Å². The molecule has 2 aromatic rings. The number of fused-ring (bicyclic) bond motifs is 1. The van der Waals surface area contributed by atoms with Crippen molar-refractivity contribution in [1.29, 1.82) is 0 Å². The largest absolute Gasteiger partial charge is 0.370 e. The van der Waals surface area contributed by atoms with Crippen molar-refractivity contribution in [3.8, 4) is 0 Å². The Morgan fingerprint density at radius 1 is 0.923 bits per heavy atom. The van der Waals surface area contributed by atoms with Crippen LogP contribution in [0.5, 0.6) is 0 Å². The second-order valence-corrected chi connectivity index (χ2v) is 7.69. The molecular weight excluding hydrogens is 316 g/mol. The SMILES string of the molecule is CCCN(CCC)C1CCc2c(cccc2N(C)Cc2ccccc2)C1. The van der Waals surface area contributed by atoms with Gasteiger partial charge in [-0.2, -0.15) is 0 Å². The van der Waals surface area contributed by atoms with E-state index in [1.165, 1.54) is 56.4 Å². The zero-order chi connectivity index (χ0) is 18.4. The Kier molecular flexibility index (Phi) is 6.73. The van der Waals surface area contributed by atoms with Crippen LogP contribution in [-0.4, -0.2) is 31.1 Å². The average Bonchev–Trinajstić information content (AvgIpc) is 2.67. The van der Waals surface area contributed by atoms with Crippen molar-refractivity contribution in [3.05, 3.63) is 65.2 Å². The summed E-state index contributed by atoms with van der Waals surface area (Å²) < 4.78 is 0. The molecule has 1 unspecified atom stereocenters. The number of benzene rings is 2. The molecule has 2 aromatic carbocycles. The summed E-state index contributed by atoms with van der Waals surface area (Å²) in [6, 6.07) is 18.4. The van der Waals surface area contributed by atoms with E-state index in [0.29, 0.717) is 0 Å². The molecule has 0 radical (unpaired) electrons. The molecule has 0 heterocycles. The number of rotatable bonds is 8. The smallest absolute Gasteiger partial charge is 0.0426 e. The van der Waals surface area contributed by atoms with E-state index < -0.39 is 0 Å². The third-order valence-corrected chi connectivity index (χ3v) is 5.64. The van der Waals surface area contributed by atoms with E-state index in [9.17, 15) is 0 Å². The van der Waals surface area contributed by atoms with Crippen LogP contribution in [-0.2, 0) is 19.4 Å². The normalized spacial score (nSPS) is 16.5. The minimum absolute atomic E-state index is 0.720. The summed E-state index contributed by atoms with van der Waals surface area (Å²) in [5, 5.41) is 0. The molecule has 0 spiro atoms. The molecule has 0 N–H and O–H groups in total. The molecule has 2 heteroatoms. The quantitative estimate of drug-likeness (QED) is 0.637. The van der Waals surface area contributed by atoms with Gasteiger partial charge in [-0.15, -0.1) is 0 Å². The van der Waals surface area contributed by atoms with Gasteiger partial charge >= 0.3 is 0 Å². The third-order valence-electron chi connectivity index (χ3n) is 5.64. The van der Waals surface area contributed by atoms with Crippen LogP contribution in [0.2, 0.25) is 0 Å². The summed E-state index contributed by atoms with van der Waals surface area (Å²) in [7, 11) is 2.23. The van der Waals surface area contributed by atoms with Crippen molar-refractivity contribution in [3.63, 3.8) is 0 Å². The molecule has 0 amide bonds. The molecular formula is C24H34N2. The lowest BCUT2D eigenvalue weighted by molar-refractivity contribution is 0.180. The summed E-state index contributed by atoms with van der Waals surface area (Å²) in [6.07, 6.45) is 6.22. The van der Waals surface area contributed by atoms with E-state index in [1.807, 2.05) is 0 Å². The van der Waals surface area contributed by atoms with Gasteiger partial charge in [-0.1, -0.05) is 56.3 Å². The minimum Gasteiger partial charge on any atom is -0.370 e. The molecule has 26 heavy (non-hydrogen) atoms. The van der Waals surface area contributed by atoms with Crippen LogP contribution in [0.15, 0.2) is 48.5 Å². The van der Waals surface area contributed by atoms with Gasteiger partial charge in [0.2, 0.25) is 0 Å². The molecule has 1 aliphatic carbocycles. The van der Waals surface area contributed by atoms with Crippen LogP contribution < -0.4 is 4.90 Å². The number of hydrogen-bond acceptors (Lipinski definition) is 2. The molecule has 3 rings (SSSR count). The van der Waals surface area contributed by atoms with Crippen molar-refractivity contribution >= 4 is 5.69 Å². The van der Waals surface area contributed by atoms with Crippen molar-refractivity contribution in [2.24, 2.45) is 0 Å². The fraction of sp³-hybridized carbons (Fsp3) is 0.500. The Labute approximate surface area is 159 Å². The fourth-order valence-electron chi connectivity index (χ4n) is 4.43. The molecule has 0 saturated carbocycles. The number of hydrogen-bond donors (Lipinski definition) is 0. The lowest BCUT2D eigenvalue weighted by Gasteiger charge is -2.36. The van der Waals surface area contributed by atoms with Crippen molar-refractivity contribution in [2.45, 2.75) is 58.5 Å². The van der Waals surface area contributed by atoms with Gasteiger partial charge in [0.05, 0.1) is 0 Å². The Bertz CT molecular complexity index is 674. The van der Waals surface area contributed by atoms with E-state index in [2.05, 4.69) is 79.2 Å². The van der Waals surface area contributed by atoms with Gasteiger partial charge in [-0.25, -0.2) is 0 Å². The highest BCUT2D eigenvalue weighted by molar-refractivity contribution is 5.57. The molecule has 2 nitrogen and oxygen atoms in total. The van der Waals surface area contributed by atoms with Crippen molar-refractivity contribution < 1.29 is 0 Å². The second kappa shape index (κ2) is 9.23. The maximum Gasteiger partial charge on any atom is 0.0426 e. The third kappa shape index (κ3) is 4.48. The van der Waals surface area contributed by atoms with E-state index >= 15 is 0 Å². The molecule has 1 aliphatic rings. The first-order chi connectivity index (χ1) is 12.7. The Morgan fingerprint density at radius 2 is 1.65 bits per heavy atom. The van der Waals surface area contributed by atoms with Gasteiger partial charge in [-0.05, 0) is 68.0 Å². The molecule has 140 valence electrons. The van der Waals surface area contributed by atoms with Crippen LogP contribution >= 0.6 is 0 Å². The minimum atomic E-state index is 0.720. The van der Waals surface area contributed by atoms with Gasteiger partial charge < -0.3 is 9.80 Å². The van der Waals surface area contributed by atoms with Gasteiger partial charge in [0, 0.05) is 25.3 Å². The van der Waals surface area contributed by atoms with Gasteiger partial charge in [-0.3, -0.25) is 0 Å². The van der Waals surface area contributed by atoms with E-state index in [0.717, 1.165) is 12.6 Å². The number of anilines is 1. The van der Waals surface area contributed by atoms with Crippen LogP contribution in [0, 0.1) is 0 Å². The van der Waals surface area contributed by atoms with Crippen LogP contribution in [0.3, 0.4) is 0 Å². The summed E-state index contributed by atoms with van der Waals surface area (Å²) in [4.78, 5) is 5.15. The maximum absolute atomic E-state index is 2.73. The highest BCUT2D eigenvalue weighted by Gasteiger charge is 2.25. The highest BCUT2D eigenvalue weighted by atomic mass is 15.2. The maximum atomic E-state index is 2.73. The standard InChI is InChI=1S/C24H34N2/c1-4-16-26(17-5-2)22-14-15-23-21(18-22)12-9-13-24(23)25(3)19-20-10-7-6-8-11-20/h6-13,22H,4-5,14-19H2,1-3H3. The molecule has 0 aliphatic heterocycles. The van der Waals surface area contributed by atoms with Gasteiger partial charge in [0.25, 0.3) is 0 Å². The lowest BCUT2D eigenvalue weighted by atomic mass is 9.86. The lowest BCUT2D eigenvalue weighted by Crippen LogP contribution is -2.40. The molecule has 1 atom stereocenters. The monoisotopic (exact) mass is 350 g/mol. The van der Waals surface area contributed by atoms with E-state index in [-0.39, 0.29) is 0 Å². The zero-order valence-corrected chi connectivity index (χ0v) is 16.7. The van der Waals surface area contributed by atoms with Crippen molar-refractivity contribution in [1.82, 2.24) is 4.90 Å². The summed E-state index contributed by atoms with van der Waals surface area (Å²) in [6.45, 7) is 8.05. The molecule has 0 fully saturated rings. The summed E-state index contributed by atoms with van der Waals surface area (Å²) in [5.74, 6) is 0. The second-order valence-electron chi connectivity index (χ2n) is 7.69. The van der Waals surface area contributed by atoms with Gasteiger partial charge in [0.15, 0.2) is 0 Å². The highest BCUT2D eigenvalue weighted by Crippen LogP contribution is 2.32. The average molecular weight is 351 g/mol. The Hall–Kier alpha value is -1.80. The Balaban J connectivity index is 1.75. The first-order valence-corrected chi connectivity index (χ1v) is 10.3. The topological polar surface area (TPSA) is 6.48 Å². The predicted molar refractivity (Wildman–Crippen MR) is 113 cm³/mol. The molecule has 0 aromatic heterocycles. The predicted octanol–water partition coefficient (Wildman–Crippen LogP) is 5.30. The molecule has 0 bridgehead atoms. The fourth-order valence-corrected chi connectivity index (χ4v) is 4.43. The van der Waals surface area contributed by atoms with Crippen LogP contribution in [0.25, 0.3) is 0 Å². The van der Waals surface area contributed by atoms with E-state index in [1.54, 1.807) is 11.1 Å². The first kappa shape index (κ1) is 19.0. The zero-order valence-electron chi connectivity index (χ0n) is 16.7. The number of nitrogens with zero attached hydrogens (tertiary/aromatic N) is 2. The Morgan fingerprint density at radius 3 is 2.35 bits per heavy atom.